The Morgan fingerprint density at radius 2 is 2.21 bits per heavy atom. The summed E-state index contributed by atoms with van der Waals surface area (Å²) in [6, 6.07) is 1.67. The van der Waals surface area contributed by atoms with E-state index in [1.807, 2.05) is 13.4 Å². The summed E-state index contributed by atoms with van der Waals surface area (Å²) in [6.45, 7) is 2.28. The fourth-order valence-corrected chi connectivity index (χ4v) is 3.65. The molecule has 1 aromatic heterocycles. The molecule has 1 aromatic rings. The van der Waals surface area contributed by atoms with Crippen LogP contribution < -0.4 is 5.32 Å². The zero-order chi connectivity index (χ0) is 13.2. The van der Waals surface area contributed by atoms with Crippen molar-refractivity contribution in [3.8, 4) is 0 Å². The third-order valence-electron chi connectivity index (χ3n) is 4.75. The minimum absolute atomic E-state index is 0.429. The van der Waals surface area contributed by atoms with Crippen molar-refractivity contribution in [2.75, 3.05) is 7.11 Å². The summed E-state index contributed by atoms with van der Waals surface area (Å²) in [5.41, 5.74) is 1.37. The van der Waals surface area contributed by atoms with Gasteiger partial charge in [-0.25, -0.2) is 4.98 Å². The van der Waals surface area contributed by atoms with E-state index in [2.05, 4.69) is 28.0 Å². The van der Waals surface area contributed by atoms with E-state index in [4.69, 9.17) is 4.74 Å². The average molecular weight is 263 g/mol. The highest BCUT2D eigenvalue weighted by Gasteiger charge is 2.29. The number of hydrogen-bond donors (Lipinski definition) is 1. The molecule has 2 fully saturated rings. The van der Waals surface area contributed by atoms with Gasteiger partial charge in [-0.15, -0.1) is 0 Å². The van der Waals surface area contributed by atoms with Crippen LogP contribution in [0.2, 0.25) is 0 Å². The fourth-order valence-electron chi connectivity index (χ4n) is 3.65. The Hall–Kier alpha value is -0.870. The maximum absolute atomic E-state index is 5.49. The van der Waals surface area contributed by atoms with Gasteiger partial charge in [-0.2, -0.15) is 0 Å². The molecule has 1 aliphatic heterocycles. The molecule has 3 rings (SSSR count). The van der Waals surface area contributed by atoms with Gasteiger partial charge in [-0.3, -0.25) is 0 Å². The highest BCUT2D eigenvalue weighted by atomic mass is 16.5. The molecular formula is C15H25N3O. The molecule has 4 nitrogen and oxygen atoms in total. The smallest absolute Gasteiger partial charge is 0.0951 e. The Morgan fingerprint density at radius 1 is 1.32 bits per heavy atom. The van der Waals surface area contributed by atoms with E-state index in [1.165, 1.54) is 37.8 Å². The number of nitrogens with zero attached hydrogens (tertiary/aromatic N) is 2. The second-order valence-electron chi connectivity index (χ2n) is 6.10. The van der Waals surface area contributed by atoms with E-state index >= 15 is 0 Å². The zero-order valence-corrected chi connectivity index (χ0v) is 12.0. The Labute approximate surface area is 115 Å². The number of nitrogens with one attached hydrogen (secondary N) is 1. The van der Waals surface area contributed by atoms with Gasteiger partial charge in [0.1, 0.15) is 0 Å². The summed E-state index contributed by atoms with van der Waals surface area (Å²) >= 11 is 0. The van der Waals surface area contributed by atoms with Gasteiger partial charge in [-0.1, -0.05) is 0 Å². The van der Waals surface area contributed by atoms with Crippen LogP contribution >= 0.6 is 0 Å². The first kappa shape index (κ1) is 13.1. The monoisotopic (exact) mass is 263 g/mol. The van der Waals surface area contributed by atoms with Gasteiger partial charge in [0.05, 0.1) is 18.1 Å². The molecule has 4 heteroatoms. The molecule has 2 aliphatic rings. The van der Waals surface area contributed by atoms with Crippen LogP contribution in [-0.4, -0.2) is 28.8 Å². The summed E-state index contributed by atoms with van der Waals surface area (Å²) in [7, 11) is 1.83. The van der Waals surface area contributed by atoms with Gasteiger partial charge in [0.15, 0.2) is 0 Å². The SMILES string of the molecule is COC1CCC(n2cncc2C2CCCC(C)N2)C1. The highest BCUT2D eigenvalue weighted by Crippen LogP contribution is 2.35. The normalized spacial score (nSPS) is 35.7. The second-order valence-corrected chi connectivity index (χ2v) is 6.10. The van der Waals surface area contributed by atoms with Crippen molar-refractivity contribution < 1.29 is 4.74 Å². The van der Waals surface area contributed by atoms with Crippen molar-refractivity contribution in [2.24, 2.45) is 0 Å². The first-order chi connectivity index (χ1) is 9.28. The summed E-state index contributed by atoms with van der Waals surface area (Å²) in [5, 5.41) is 3.72. The molecule has 0 bridgehead atoms. The van der Waals surface area contributed by atoms with Crippen LogP contribution in [0.4, 0.5) is 0 Å². The van der Waals surface area contributed by atoms with Crippen LogP contribution in [0.3, 0.4) is 0 Å². The van der Waals surface area contributed by atoms with E-state index < -0.39 is 0 Å². The first-order valence-electron chi connectivity index (χ1n) is 7.58. The van der Waals surface area contributed by atoms with Gasteiger partial charge in [0.25, 0.3) is 0 Å². The third kappa shape index (κ3) is 2.70. The quantitative estimate of drug-likeness (QED) is 0.911. The lowest BCUT2D eigenvalue weighted by molar-refractivity contribution is 0.105. The first-order valence-corrected chi connectivity index (χ1v) is 7.58. The lowest BCUT2D eigenvalue weighted by atomic mass is 9.97. The lowest BCUT2D eigenvalue weighted by Gasteiger charge is -2.30. The molecule has 4 atom stereocenters. The number of imidazole rings is 1. The van der Waals surface area contributed by atoms with E-state index in [9.17, 15) is 0 Å². The van der Waals surface area contributed by atoms with Crippen molar-refractivity contribution in [1.82, 2.24) is 14.9 Å². The minimum atomic E-state index is 0.429. The minimum Gasteiger partial charge on any atom is -0.381 e. The molecule has 1 N–H and O–H groups in total. The average Bonchev–Trinajstić information content (AvgIpc) is 3.07. The van der Waals surface area contributed by atoms with Crippen LogP contribution in [0.5, 0.6) is 0 Å². The van der Waals surface area contributed by atoms with Crippen molar-refractivity contribution >= 4 is 0 Å². The maximum Gasteiger partial charge on any atom is 0.0951 e. The largest absolute Gasteiger partial charge is 0.381 e. The highest BCUT2D eigenvalue weighted by molar-refractivity contribution is 5.09. The molecule has 1 aliphatic carbocycles. The standard InChI is InChI=1S/C15H25N3O/c1-11-4-3-5-14(17-11)15-9-16-10-18(15)12-6-7-13(8-12)19-2/h9-14,17H,3-8H2,1-2H3. The molecule has 2 heterocycles. The van der Waals surface area contributed by atoms with E-state index in [0.29, 0.717) is 24.2 Å². The molecule has 0 spiro atoms. The second kappa shape index (κ2) is 5.63. The van der Waals surface area contributed by atoms with Gasteiger partial charge in [-0.05, 0) is 45.4 Å². The van der Waals surface area contributed by atoms with Gasteiger partial charge >= 0.3 is 0 Å². The zero-order valence-electron chi connectivity index (χ0n) is 12.0. The molecule has 0 aromatic carbocycles. The van der Waals surface area contributed by atoms with Crippen LogP contribution in [0.1, 0.15) is 63.2 Å². The predicted octanol–water partition coefficient (Wildman–Crippen LogP) is 2.83. The molecule has 19 heavy (non-hydrogen) atoms. The molecule has 1 saturated carbocycles. The van der Waals surface area contributed by atoms with Crippen molar-refractivity contribution in [3.63, 3.8) is 0 Å². The summed E-state index contributed by atoms with van der Waals surface area (Å²) in [5.74, 6) is 0. The van der Waals surface area contributed by atoms with Crippen LogP contribution in [0.25, 0.3) is 0 Å². The number of hydrogen-bond acceptors (Lipinski definition) is 3. The van der Waals surface area contributed by atoms with Crippen molar-refractivity contribution in [2.45, 2.75) is 69.7 Å². The number of aromatic nitrogens is 2. The van der Waals surface area contributed by atoms with Crippen LogP contribution in [-0.2, 0) is 4.74 Å². The Bertz CT molecular complexity index is 417. The van der Waals surface area contributed by atoms with Crippen molar-refractivity contribution in [3.05, 3.63) is 18.2 Å². The molecule has 1 saturated heterocycles. The number of ether oxygens (including phenoxy) is 1. The van der Waals surface area contributed by atoms with E-state index in [0.717, 1.165) is 6.42 Å². The number of methoxy groups -OCH3 is 1. The van der Waals surface area contributed by atoms with Gasteiger partial charge in [0.2, 0.25) is 0 Å². The van der Waals surface area contributed by atoms with Gasteiger partial charge < -0.3 is 14.6 Å². The number of piperidine rings is 1. The molecule has 4 unspecified atom stereocenters. The molecule has 106 valence electrons. The Kier molecular flexibility index (Phi) is 3.89. The maximum atomic E-state index is 5.49. The molecule has 0 amide bonds. The molecule has 0 radical (unpaired) electrons. The Morgan fingerprint density at radius 3 is 2.95 bits per heavy atom. The van der Waals surface area contributed by atoms with E-state index in [1.54, 1.807) is 0 Å². The topological polar surface area (TPSA) is 39.1 Å². The third-order valence-corrected chi connectivity index (χ3v) is 4.75. The Balaban J connectivity index is 1.75. The van der Waals surface area contributed by atoms with Crippen LogP contribution in [0, 0.1) is 0 Å². The lowest BCUT2D eigenvalue weighted by Crippen LogP contribution is -2.35. The van der Waals surface area contributed by atoms with E-state index in [-0.39, 0.29) is 0 Å². The summed E-state index contributed by atoms with van der Waals surface area (Å²) in [6.07, 6.45) is 11.8. The molecular weight excluding hydrogens is 238 g/mol. The summed E-state index contributed by atoms with van der Waals surface area (Å²) in [4.78, 5) is 4.40. The van der Waals surface area contributed by atoms with Crippen molar-refractivity contribution in [1.29, 1.82) is 0 Å². The van der Waals surface area contributed by atoms with Crippen LogP contribution in [0.15, 0.2) is 12.5 Å². The summed E-state index contributed by atoms with van der Waals surface area (Å²) < 4.78 is 7.89. The number of rotatable bonds is 3. The fraction of sp³-hybridized carbons (Fsp3) is 0.800. The predicted molar refractivity (Wildman–Crippen MR) is 75.1 cm³/mol. The van der Waals surface area contributed by atoms with Gasteiger partial charge in [0, 0.05) is 31.4 Å².